The average molecular weight is 859 g/mol. The van der Waals surface area contributed by atoms with Crippen molar-refractivity contribution in [3.05, 3.63) is 185 Å². The summed E-state index contributed by atoms with van der Waals surface area (Å²) in [5.74, 6) is 0. The van der Waals surface area contributed by atoms with E-state index in [-0.39, 0.29) is 33.9 Å². The predicted molar refractivity (Wildman–Crippen MR) is 283 cm³/mol. The van der Waals surface area contributed by atoms with Crippen molar-refractivity contribution < 1.29 is 0 Å². The average Bonchev–Trinajstić information content (AvgIpc) is 3.67. The Morgan fingerprint density at radius 2 is 1.03 bits per heavy atom. The van der Waals surface area contributed by atoms with Crippen molar-refractivity contribution in [3.8, 4) is 33.4 Å². The van der Waals surface area contributed by atoms with Gasteiger partial charge in [0.15, 0.2) is 0 Å². The van der Waals surface area contributed by atoms with Gasteiger partial charge >= 0.3 is 0 Å². The zero-order chi connectivity index (χ0) is 45.7. The SMILES string of the molecule is CC(C)(C)c1ccc2c(c1)C1=C(B3c4cc(-c5ccccc5)cc5c4N(c4cc(-c6ccccc6)cc(c43)N1c1ccc(C(C)(C)C)cc1-c1ccccc1)C1(C)CCCCC51C)C2(C)C. The summed E-state index contributed by atoms with van der Waals surface area (Å²) in [5, 5.41) is 0. The van der Waals surface area contributed by atoms with E-state index < -0.39 is 0 Å². The molecule has 2 unspecified atom stereocenters. The van der Waals surface area contributed by atoms with Crippen molar-refractivity contribution in [2.45, 2.75) is 122 Å². The maximum Gasteiger partial charge on any atom is 0.248 e. The number of benzene rings is 7. The van der Waals surface area contributed by atoms with Gasteiger partial charge in [-0.25, -0.2) is 0 Å². The van der Waals surface area contributed by atoms with Crippen LogP contribution in [0.5, 0.6) is 0 Å². The van der Waals surface area contributed by atoms with E-state index in [1.807, 2.05) is 0 Å². The van der Waals surface area contributed by atoms with Gasteiger partial charge in [0.1, 0.15) is 0 Å². The molecule has 2 atom stereocenters. The Labute approximate surface area is 394 Å². The summed E-state index contributed by atoms with van der Waals surface area (Å²) in [4.78, 5) is 5.67. The topological polar surface area (TPSA) is 6.48 Å². The molecule has 0 N–H and O–H groups in total. The van der Waals surface area contributed by atoms with Crippen molar-refractivity contribution in [1.29, 1.82) is 0 Å². The minimum Gasteiger partial charge on any atom is -0.335 e. The van der Waals surface area contributed by atoms with E-state index in [4.69, 9.17) is 0 Å². The summed E-state index contributed by atoms with van der Waals surface area (Å²) >= 11 is 0. The Hall–Kier alpha value is -6.06. The molecule has 3 heteroatoms. The van der Waals surface area contributed by atoms with Crippen LogP contribution in [0.15, 0.2) is 157 Å². The van der Waals surface area contributed by atoms with Crippen LogP contribution in [0.2, 0.25) is 0 Å². The molecule has 1 saturated carbocycles. The molecule has 66 heavy (non-hydrogen) atoms. The van der Waals surface area contributed by atoms with E-state index in [0.29, 0.717) is 0 Å². The Kier molecular flexibility index (Phi) is 8.77. The monoisotopic (exact) mass is 859 g/mol. The number of allylic oxidation sites excluding steroid dienone is 1. The summed E-state index contributed by atoms with van der Waals surface area (Å²) < 4.78 is 0. The van der Waals surface area contributed by atoms with Crippen LogP contribution in [0.1, 0.15) is 123 Å². The molecule has 12 rings (SSSR count). The first-order chi connectivity index (χ1) is 31.5. The molecule has 5 aliphatic rings. The fourth-order valence-electron chi connectivity index (χ4n) is 13.3. The number of hydrogen-bond acceptors (Lipinski definition) is 2. The van der Waals surface area contributed by atoms with Gasteiger partial charge in [0.25, 0.3) is 0 Å². The molecule has 7 aromatic carbocycles. The Morgan fingerprint density at radius 1 is 0.485 bits per heavy atom. The van der Waals surface area contributed by atoms with Crippen LogP contribution in [0.4, 0.5) is 22.7 Å². The van der Waals surface area contributed by atoms with E-state index in [9.17, 15) is 0 Å². The maximum atomic E-state index is 2.91. The van der Waals surface area contributed by atoms with Gasteiger partial charge in [-0.2, -0.15) is 0 Å². The van der Waals surface area contributed by atoms with Crippen molar-refractivity contribution in [2.24, 2.45) is 0 Å². The summed E-state index contributed by atoms with van der Waals surface area (Å²) in [5.41, 5.74) is 25.4. The molecule has 1 fully saturated rings. The Morgan fingerprint density at radius 3 is 1.65 bits per heavy atom. The van der Waals surface area contributed by atoms with Crippen LogP contribution in [0, 0.1) is 0 Å². The van der Waals surface area contributed by atoms with Crippen LogP contribution < -0.4 is 20.7 Å². The molecule has 328 valence electrons. The first kappa shape index (κ1) is 41.4. The minimum absolute atomic E-state index is 0.0194. The molecule has 0 radical (unpaired) electrons. The number of nitrogens with zero attached hydrogens (tertiary/aromatic N) is 2. The molecule has 7 aromatic rings. The van der Waals surface area contributed by atoms with E-state index >= 15 is 0 Å². The third kappa shape index (κ3) is 5.68. The van der Waals surface area contributed by atoms with Gasteiger partial charge in [-0.15, -0.1) is 0 Å². The fraction of sp³-hybridized carbons (Fsp3) is 0.302. The van der Waals surface area contributed by atoms with Crippen LogP contribution in [-0.2, 0) is 21.7 Å². The van der Waals surface area contributed by atoms with Gasteiger partial charge < -0.3 is 9.80 Å². The molecule has 0 spiro atoms. The van der Waals surface area contributed by atoms with Gasteiger partial charge in [0.05, 0.1) is 11.2 Å². The third-order valence-corrected chi connectivity index (χ3v) is 17.1. The lowest BCUT2D eigenvalue weighted by atomic mass is 9.30. The lowest BCUT2D eigenvalue weighted by Gasteiger charge is -2.53. The quantitative estimate of drug-likeness (QED) is 0.163. The summed E-state index contributed by atoms with van der Waals surface area (Å²) in [6.07, 6.45) is 4.83. The predicted octanol–water partition coefficient (Wildman–Crippen LogP) is 15.3. The van der Waals surface area contributed by atoms with E-state index in [1.54, 1.807) is 0 Å². The lowest BCUT2D eigenvalue weighted by molar-refractivity contribution is 0.195. The second-order valence-electron chi connectivity index (χ2n) is 23.3. The maximum absolute atomic E-state index is 2.91. The van der Waals surface area contributed by atoms with Gasteiger partial charge in [0, 0.05) is 44.7 Å². The normalized spacial score (nSPS) is 21.0. The van der Waals surface area contributed by atoms with Crippen LogP contribution in [-0.4, -0.2) is 12.3 Å². The molecule has 2 aliphatic carbocycles. The standard InChI is InChI=1S/C63H63BN2/c1-59(2,3)45-28-30-49-48(39-45)56-58(61(49,7)8)64-51-35-43(40-22-14-11-15-23-40)34-50-57(51)66(63(10)33-21-20-32-62(50,63)9)54-37-44(41-24-16-12-17-25-41)36-53(55(54)64)65(56)52-31-29-46(60(4,5)6)38-47(52)42-26-18-13-19-27-42/h11-19,22-31,34-39H,20-21,32-33H2,1-10H3. The number of rotatable bonds is 4. The lowest BCUT2D eigenvalue weighted by Crippen LogP contribution is -2.62. The minimum atomic E-state index is -0.272. The van der Waals surface area contributed by atoms with E-state index in [1.165, 1.54) is 125 Å². The molecule has 0 saturated heterocycles. The zero-order valence-electron chi connectivity index (χ0n) is 40.7. The summed E-state index contributed by atoms with van der Waals surface area (Å²) in [6.45, 7) is 24.5. The molecule has 3 heterocycles. The molecule has 0 bridgehead atoms. The van der Waals surface area contributed by atoms with Crippen molar-refractivity contribution in [1.82, 2.24) is 0 Å². The van der Waals surface area contributed by atoms with Gasteiger partial charge in [-0.05, 0) is 128 Å². The largest absolute Gasteiger partial charge is 0.335 e. The van der Waals surface area contributed by atoms with Crippen molar-refractivity contribution in [2.75, 3.05) is 9.80 Å². The van der Waals surface area contributed by atoms with Crippen molar-refractivity contribution >= 4 is 46.1 Å². The summed E-state index contributed by atoms with van der Waals surface area (Å²) in [7, 11) is 0. The second kappa shape index (κ2) is 14.0. The third-order valence-electron chi connectivity index (χ3n) is 17.1. The molecule has 0 aromatic heterocycles. The second-order valence-corrected chi connectivity index (χ2v) is 23.3. The number of fused-ring (bicyclic) bond motifs is 8. The van der Waals surface area contributed by atoms with Crippen LogP contribution >= 0.6 is 0 Å². The highest BCUT2D eigenvalue weighted by Gasteiger charge is 2.63. The Bertz CT molecular complexity index is 3160. The van der Waals surface area contributed by atoms with Gasteiger partial charge in [-0.1, -0.05) is 196 Å². The molecular weight excluding hydrogens is 796 g/mol. The van der Waals surface area contributed by atoms with Crippen LogP contribution in [0.3, 0.4) is 0 Å². The highest BCUT2D eigenvalue weighted by Crippen LogP contribution is 2.64. The number of anilines is 4. The van der Waals surface area contributed by atoms with Gasteiger partial charge in [-0.3, -0.25) is 0 Å². The molecular formula is C63H63BN2. The van der Waals surface area contributed by atoms with Crippen molar-refractivity contribution in [3.63, 3.8) is 0 Å². The molecule has 0 amide bonds. The highest BCUT2D eigenvalue weighted by atomic mass is 15.3. The Balaban J connectivity index is 1.27. The van der Waals surface area contributed by atoms with E-state index in [0.717, 1.165) is 6.42 Å². The molecule has 2 nitrogen and oxygen atoms in total. The van der Waals surface area contributed by atoms with Gasteiger partial charge in [0.2, 0.25) is 6.71 Å². The first-order valence-corrected chi connectivity index (χ1v) is 24.7. The first-order valence-electron chi connectivity index (χ1n) is 24.7. The van der Waals surface area contributed by atoms with E-state index in [2.05, 4.69) is 231 Å². The smallest absolute Gasteiger partial charge is 0.248 e. The van der Waals surface area contributed by atoms with Crippen LogP contribution in [0.25, 0.3) is 39.1 Å². The highest BCUT2D eigenvalue weighted by molar-refractivity contribution is 6.96. The summed E-state index contributed by atoms with van der Waals surface area (Å²) in [6, 6.07) is 58.9. The number of hydrogen-bond donors (Lipinski definition) is 0. The zero-order valence-corrected chi connectivity index (χ0v) is 40.7. The fourth-order valence-corrected chi connectivity index (χ4v) is 13.3. The molecule has 3 aliphatic heterocycles.